The van der Waals surface area contributed by atoms with Crippen LogP contribution in [-0.4, -0.2) is 93.5 Å². The maximum absolute atomic E-state index is 4.20. The van der Waals surface area contributed by atoms with Gasteiger partial charge in [0.2, 0.25) is 0 Å². The van der Waals surface area contributed by atoms with E-state index >= 15 is 0 Å². The molecule has 3 N–H and O–H groups in total. The highest BCUT2D eigenvalue weighted by Crippen LogP contribution is 2.53. The lowest BCUT2D eigenvalue weighted by atomic mass is 9.61. The van der Waals surface area contributed by atoms with Crippen LogP contribution in [0.2, 0.25) is 0 Å². The quantitative estimate of drug-likeness (QED) is 0.0958. The van der Waals surface area contributed by atoms with Crippen molar-refractivity contribution in [1.29, 1.82) is 0 Å². The summed E-state index contributed by atoms with van der Waals surface area (Å²) in [5.41, 5.74) is 20.5. The third-order valence-electron chi connectivity index (χ3n) is 18.9. The third-order valence-corrected chi connectivity index (χ3v) is 18.9. The summed E-state index contributed by atoms with van der Waals surface area (Å²) in [4.78, 5) is 22.3. The van der Waals surface area contributed by atoms with Crippen molar-refractivity contribution < 1.29 is 0 Å². The molecule has 4 aliphatic rings. The first-order chi connectivity index (χ1) is 37.4. The van der Waals surface area contributed by atoms with Crippen LogP contribution < -0.4 is 0 Å². The minimum absolute atomic E-state index is 0.128. The maximum Gasteiger partial charge on any atom is 0.0511 e. The van der Waals surface area contributed by atoms with E-state index in [1.165, 1.54) is 139 Å². The van der Waals surface area contributed by atoms with Gasteiger partial charge >= 0.3 is 0 Å². The summed E-state index contributed by atoms with van der Waals surface area (Å²) in [5.74, 6) is 0. The standard InChI is InChI=1S/C50H61N5.C19H20N2/c1-4-5-26-49(53(2)3)27-29-50(30-28-49,47-43(41-18-10-12-20-45(41)51-47)24-33-54-31-22-37-14-6-8-16-39(37)35-54)48-44(42-19-11-13-21-46(42)52-48)25-34-55-32-23-38-15-7-9-17-40(38)36-55;1-2-6-17-14-21(11-9-15(17)5-1)12-10-16-13-20-19-8-4-3-7-18(16)19/h6-21,51-52H,4-5,22-36H2,1-3H3;1-8,13,20H,9-12,14H2. The summed E-state index contributed by atoms with van der Waals surface area (Å²) in [6.07, 6.45) is 17.4. The molecule has 0 atom stereocenters. The lowest BCUT2D eigenvalue weighted by Crippen LogP contribution is -2.51. The van der Waals surface area contributed by atoms with Crippen LogP contribution in [0.25, 0.3) is 32.7 Å². The molecular weight excluding hydrogens is 927 g/mol. The number of benzene rings is 6. The smallest absolute Gasteiger partial charge is 0.0511 e. The summed E-state index contributed by atoms with van der Waals surface area (Å²) in [5, 5.41) is 4.19. The lowest BCUT2D eigenvalue weighted by molar-refractivity contribution is 0.0642. The van der Waals surface area contributed by atoms with Crippen LogP contribution in [0.3, 0.4) is 0 Å². The number of hydrogen-bond donors (Lipinski definition) is 3. The number of unbranched alkanes of at least 4 members (excludes halogenated alkanes) is 1. The van der Waals surface area contributed by atoms with Gasteiger partial charge in [-0.05, 0) is 153 Å². The fourth-order valence-corrected chi connectivity index (χ4v) is 14.3. The minimum atomic E-state index is -0.128. The van der Waals surface area contributed by atoms with Gasteiger partial charge in [0, 0.05) is 115 Å². The average molecular weight is 1010 g/mol. The Morgan fingerprint density at radius 3 is 1.33 bits per heavy atom. The zero-order chi connectivity index (χ0) is 51.5. The Morgan fingerprint density at radius 1 is 0.461 bits per heavy atom. The van der Waals surface area contributed by atoms with E-state index in [-0.39, 0.29) is 11.0 Å². The van der Waals surface area contributed by atoms with Crippen molar-refractivity contribution >= 4 is 32.7 Å². The van der Waals surface area contributed by atoms with Crippen LogP contribution in [0, 0.1) is 0 Å². The van der Waals surface area contributed by atoms with Gasteiger partial charge in [0.15, 0.2) is 0 Å². The molecule has 392 valence electrons. The summed E-state index contributed by atoms with van der Waals surface area (Å²) in [7, 11) is 4.69. The number of hydrogen-bond acceptors (Lipinski definition) is 4. The van der Waals surface area contributed by atoms with Crippen molar-refractivity contribution in [2.24, 2.45) is 0 Å². The highest BCUT2D eigenvalue weighted by molar-refractivity contribution is 5.88. The molecule has 76 heavy (non-hydrogen) atoms. The summed E-state index contributed by atoms with van der Waals surface area (Å²) in [6.45, 7) is 12.3. The minimum Gasteiger partial charge on any atom is -0.361 e. The van der Waals surface area contributed by atoms with E-state index < -0.39 is 0 Å². The number of para-hydroxylation sites is 3. The predicted molar refractivity (Wildman–Crippen MR) is 317 cm³/mol. The number of fused-ring (bicyclic) bond motifs is 6. The Morgan fingerprint density at radius 2 is 0.868 bits per heavy atom. The van der Waals surface area contributed by atoms with Crippen molar-refractivity contribution in [1.82, 2.24) is 34.6 Å². The number of H-pyrrole nitrogens is 3. The number of rotatable bonds is 15. The Hall–Kier alpha value is -6.22. The molecule has 13 rings (SSSR count). The average Bonchev–Trinajstić information content (AvgIpc) is 4.31. The van der Waals surface area contributed by atoms with E-state index in [0.29, 0.717) is 0 Å². The molecular formula is C69H81N7. The molecule has 0 amide bonds. The van der Waals surface area contributed by atoms with E-state index in [1.807, 2.05) is 0 Å². The molecule has 3 aromatic heterocycles. The van der Waals surface area contributed by atoms with Gasteiger partial charge in [0.25, 0.3) is 0 Å². The first-order valence-corrected chi connectivity index (χ1v) is 29.2. The molecule has 1 fully saturated rings. The van der Waals surface area contributed by atoms with E-state index in [1.54, 1.807) is 0 Å². The second kappa shape index (κ2) is 22.4. The molecule has 1 aliphatic carbocycles. The molecule has 0 saturated heterocycles. The SMILES string of the molecule is CCCCC1(N(C)C)CCC(c2[nH]c3ccccc3c2CCN2CCc3ccccc3C2)(c2[nH]c3ccccc3c2CCN2CCc3ccccc3C2)CC1.c1ccc2c(c1)CCN(CCc1c[nH]c3ccccc13)C2. The predicted octanol–water partition coefficient (Wildman–Crippen LogP) is 14.0. The van der Waals surface area contributed by atoms with Crippen LogP contribution in [-0.2, 0) is 63.6 Å². The van der Waals surface area contributed by atoms with Crippen molar-refractivity contribution in [2.75, 3.05) is 53.4 Å². The van der Waals surface area contributed by atoms with E-state index in [4.69, 9.17) is 0 Å². The van der Waals surface area contributed by atoms with Gasteiger partial charge in [-0.3, -0.25) is 14.7 Å². The molecule has 6 aromatic carbocycles. The van der Waals surface area contributed by atoms with Gasteiger partial charge in [0.1, 0.15) is 0 Å². The van der Waals surface area contributed by atoms with Crippen LogP contribution in [0.4, 0.5) is 0 Å². The monoisotopic (exact) mass is 1010 g/mol. The lowest BCUT2D eigenvalue weighted by Gasteiger charge is -2.50. The number of aromatic amines is 3. The van der Waals surface area contributed by atoms with Gasteiger partial charge in [-0.15, -0.1) is 0 Å². The molecule has 7 heteroatoms. The van der Waals surface area contributed by atoms with Gasteiger partial charge in [-0.25, -0.2) is 0 Å². The fourth-order valence-electron chi connectivity index (χ4n) is 14.3. The highest BCUT2D eigenvalue weighted by atomic mass is 15.2. The normalized spacial score (nSPS) is 17.6. The Balaban J connectivity index is 0.000000230. The van der Waals surface area contributed by atoms with E-state index in [0.717, 1.165) is 97.3 Å². The molecule has 0 radical (unpaired) electrons. The van der Waals surface area contributed by atoms with E-state index in [2.05, 4.69) is 207 Å². The molecule has 0 unspecified atom stereocenters. The largest absolute Gasteiger partial charge is 0.361 e. The Bertz CT molecular complexity index is 3260. The summed E-state index contributed by atoms with van der Waals surface area (Å²) >= 11 is 0. The van der Waals surface area contributed by atoms with Crippen molar-refractivity contribution in [2.45, 2.75) is 121 Å². The van der Waals surface area contributed by atoms with Gasteiger partial charge < -0.3 is 19.9 Å². The van der Waals surface area contributed by atoms with Crippen molar-refractivity contribution in [3.05, 3.63) is 213 Å². The first-order valence-electron chi connectivity index (χ1n) is 29.2. The van der Waals surface area contributed by atoms with E-state index in [9.17, 15) is 0 Å². The molecule has 0 spiro atoms. The maximum atomic E-state index is 4.20. The second-order valence-corrected chi connectivity index (χ2v) is 23.3. The molecule has 0 bridgehead atoms. The van der Waals surface area contributed by atoms with Crippen LogP contribution in [0.1, 0.15) is 113 Å². The zero-order valence-electron chi connectivity index (χ0n) is 45.8. The van der Waals surface area contributed by atoms with Crippen LogP contribution in [0.5, 0.6) is 0 Å². The Labute approximate surface area is 452 Å². The Kier molecular flexibility index (Phi) is 14.9. The first kappa shape index (κ1) is 50.6. The molecule has 7 nitrogen and oxygen atoms in total. The second-order valence-electron chi connectivity index (χ2n) is 23.3. The number of nitrogens with zero attached hydrogens (tertiary/aromatic N) is 4. The van der Waals surface area contributed by atoms with Crippen molar-refractivity contribution in [3.63, 3.8) is 0 Å². The van der Waals surface area contributed by atoms with Crippen LogP contribution >= 0.6 is 0 Å². The van der Waals surface area contributed by atoms with Gasteiger partial charge in [-0.1, -0.05) is 147 Å². The molecule has 3 aliphatic heterocycles. The van der Waals surface area contributed by atoms with Gasteiger partial charge in [0.05, 0.1) is 5.41 Å². The third kappa shape index (κ3) is 10.2. The van der Waals surface area contributed by atoms with Crippen molar-refractivity contribution in [3.8, 4) is 0 Å². The number of nitrogens with one attached hydrogen (secondary N) is 3. The molecule has 6 heterocycles. The zero-order valence-corrected chi connectivity index (χ0v) is 45.8. The summed E-state index contributed by atoms with van der Waals surface area (Å²) < 4.78 is 0. The molecule has 9 aromatic rings. The summed E-state index contributed by atoms with van der Waals surface area (Å²) in [6, 6.07) is 53.9. The molecule has 1 saturated carbocycles. The highest BCUT2D eigenvalue weighted by Gasteiger charge is 2.49. The number of aromatic nitrogens is 3. The van der Waals surface area contributed by atoms with Gasteiger partial charge in [-0.2, -0.15) is 0 Å². The van der Waals surface area contributed by atoms with Crippen LogP contribution in [0.15, 0.2) is 152 Å². The fraction of sp³-hybridized carbons (Fsp3) is 0.391. The topological polar surface area (TPSA) is 60.3 Å².